The van der Waals surface area contributed by atoms with Crippen LogP contribution in [0.15, 0.2) is 90.0 Å². The number of benzene rings is 3. The maximum Gasteiger partial charge on any atom is 0.282 e. The molecular formula is C22H17N3O4. The highest BCUT2D eigenvalue weighted by Gasteiger charge is 2.19. The minimum Gasteiger partial charge on any atom is -0.294 e. The number of nitro groups is 1. The third-order valence-corrected chi connectivity index (χ3v) is 4.17. The van der Waals surface area contributed by atoms with E-state index in [0.29, 0.717) is 16.8 Å². The number of carbonyl (C=O) groups excluding carboxylic acids is 2. The molecule has 0 radical (unpaired) electrons. The second-order valence-electron chi connectivity index (χ2n) is 6.11. The van der Waals surface area contributed by atoms with E-state index in [1.807, 2.05) is 12.1 Å². The lowest BCUT2D eigenvalue weighted by molar-refractivity contribution is -0.385. The molecule has 0 aliphatic carbocycles. The number of hydrogen-bond acceptors (Lipinski definition) is 5. The van der Waals surface area contributed by atoms with Crippen molar-refractivity contribution in [2.75, 3.05) is 0 Å². The van der Waals surface area contributed by atoms with E-state index >= 15 is 0 Å². The number of rotatable bonds is 7. The first kappa shape index (κ1) is 19.6. The van der Waals surface area contributed by atoms with Gasteiger partial charge in [-0.1, -0.05) is 72.8 Å². The number of nitrogens with one attached hydrogen (secondary N) is 1. The van der Waals surface area contributed by atoms with Crippen LogP contribution < -0.4 is 5.43 Å². The lowest BCUT2D eigenvalue weighted by Crippen LogP contribution is -2.22. The van der Waals surface area contributed by atoms with Gasteiger partial charge in [0.2, 0.25) is 0 Å². The largest absolute Gasteiger partial charge is 0.294 e. The maximum absolute atomic E-state index is 12.6. The monoisotopic (exact) mass is 387 g/mol. The first-order valence-electron chi connectivity index (χ1n) is 8.80. The molecule has 29 heavy (non-hydrogen) atoms. The van der Waals surface area contributed by atoms with Crippen molar-refractivity contribution in [3.8, 4) is 0 Å². The Bertz CT molecular complexity index is 1060. The Morgan fingerprint density at radius 1 is 0.828 bits per heavy atom. The molecule has 0 aliphatic rings. The van der Waals surface area contributed by atoms with E-state index in [4.69, 9.17) is 0 Å². The Morgan fingerprint density at radius 2 is 1.38 bits per heavy atom. The Labute approximate surface area is 166 Å². The predicted molar refractivity (Wildman–Crippen MR) is 109 cm³/mol. The second-order valence-corrected chi connectivity index (χ2v) is 6.11. The molecule has 0 aliphatic heterocycles. The number of ketones is 1. The fourth-order valence-electron chi connectivity index (χ4n) is 2.72. The van der Waals surface area contributed by atoms with Crippen LogP contribution in [0.2, 0.25) is 0 Å². The summed E-state index contributed by atoms with van der Waals surface area (Å²) < 4.78 is 0. The van der Waals surface area contributed by atoms with Crippen LogP contribution in [0.1, 0.15) is 32.7 Å². The molecule has 7 nitrogen and oxygen atoms in total. The minimum atomic E-state index is -0.724. The van der Waals surface area contributed by atoms with E-state index in [1.165, 1.54) is 24.3 Å². The first-order valence-corrected chi connectivity index (χ1v) is 8.80. The highest BCUT2D eigenvalue weighted by Crippen LogP contribution is 2.17. The smallest absolute Gasteiger partial charge is 0.282 e. The topological polar surface area (TPSA) is 102 Å². The van der Waals surface area contributed by atoms with Crippen molar-refractivity contribution < 1.29 is 14.5 Å². The molecule has 0 unspecified atom stereocenters. The van der Waals surface area contributed by atoms with Crippen molar-refractivity contribution in [3.63, 3.8) is 0 Å². The van der Waals surface area contributed by atoms with Crippen LogP contribution in [0.3, 0.4) is 0 Å². The number of amides is 1. The van der Waals surface area contributed by atoms with Crippen LogP contribution in [0.25, 0.3) is 0 Å². The van der Waals surface area contributed by atoms with Crippen molar-refractivity contribution in [1.29, 1.82) is 0 Å². The summed E-state index contributed by atoms with van der Waals surface area (Å²) in [5, 5.41) is 15.2. The van der Waals surface area contributed by atoms with Gasteiger partial charge in [-0.25, -0.2) is 5.43 Å². The maximum atomic E-state index is 12.6. The molecule has 0 aromatic heterocycles. The number of hydrazone groups is 1. The van der Waals surface area contributed by atoms with Gasteiger partial charge >= 0.3 is 0 Å². The van der Waals surface area contributed by atoms with Crippen LogP contribution in [-0.4, -0.2) is 22.3 Å². The predicted octanol–water partition coefficient (Wildman–Crippen LogP) is 4.00. The summed E-state index contributed by atoms with van der Waals surface area (Å²) in [6, 6.07) is 23.3. The zero-order chi connectivity index (χ0) is 20.6. The minimum absolute atomic E-state index is 0.0365. The summed E-state index contributed by atoms with van der Waals surface area (Å²) in [7, 11) is 0. The molecule has 3 rings (SSSR count). The summed E-state index contributed by atoms with van der Waals surface area (Å²) in [5.41, 5.74) is 3.46. The third kappa shape index (κ3) is 4.98. The third-order valence-electron chi connectivity index (χ3n) is 4.17. The summed E-state index contributed by atoms with van der Waals surface area (Å²) in [6.07, 6.45) is -0.0365. The van der Waals surface area contributed by atoms with Crippen molar-refractivity contribution in [1.82, 2.24) is 5.43 Å². The number of para-hydroxylation sites is 1. The van der Waals surface area contributed by atoms with Gasteiger partial charge in [0.05, 0.1) is 17.1 Å². The van der Waals surface area contributed by atoms with E-state index in [0.717, 1.165) is 0 Å². The van der Waals surface area contributed by atoms with E-state index in [2.05, 4.69) is 10.5 Å². The van der Waals surface area contributed by atoms with Crippen molar-refractivity contribution in [2.24, 2.45) is 5.10 Å². The number of hydrogen-bond donors (Lipinski definition) is 1. The molecule has 0 spiro atoms. The Kier molecular flexibility index (Phi) is 6.22. The van der Waals surface area contributed by atoms with Crippen molar-refractivity contribution in [3.05, 3.63) is 112 Å². The Hall–Kier alpha value is -4.13. The van der Waals surface area contributed by atoms with Crippen molar-refractivity contribution >= 4 is 23.1 Å². The van der Waals surface area contributed by atoms with Crippen LogP contribution >= 0.6 is 0 Å². The normalized spacial score (nSPS) is 11.0. The van der Waals surface area contributed by atoms with Crippen LogP contribution in [0, 0.1) is 10.1 Å². The van der Waals surface area contributed by atoms with Gasteiger partial charge in [0.15, 0.2) is 5.78 Å². The number of nitro benzene ring substituents is 1. The standard InChI is InChI=1S/C22H17N3O4/c26-21(17-11-5-2-6-12-17)15-19(16-9-3-1-4-10-16)23-24-22(27)18-13-7-8-14-20(18)25(28)29/h1-14H,15H2,(H,24,27)/b23-19+. The average Bonchev–Trinajstić information content (AvgIpc) is 2.77. The lowest BCUT2D eigenvalue weighted by atomic mass is 10.0. The summed E-state index contributed by atoms with van der Waals surface area (Å²) in [5.74, 6) is -0.883. The number of Topliss-reactive ketones (excluding diaryl/α,β-unsaturated/α-hetero) is 1. The first-order chi connectivity index (χ1) is 14.1. The fraction of sp³-hybridized carbons (Fsp3) is 0.0455. The van der Waals surface area contributed by atoms with Crippen molar-refractivity contribution in [2.45, 2.75) is 6.42 Å². The van der Waals surface area contributed by atoms with E-state index < -0.39 is 10.8 Å². The lowest BCUT2D eigenvalue weighted by Gasteiger charge is -2.08. The second kappa shape index (κ2) is 9.18. The molecule has 0 heterocycles. The Balaban J connectivity index is 1.87. The number of nitrogens with zero attached hydrogens (tertiary/aromatic N) is 2. The van der Waals surface area contributed by atoms with Crippen LogP contribution in [0.4, 0.5) is 5.69 Å². The molecule has 1 amide bonds. The quantitative estimate of drug-likeness (QED) is 0.286. The molecule has 0 fully saturated rings. The van der Waals surface area contributed by atoms with Gasteiger partial charge in [-0.3, -0.25) is 19.7 Å². The molecule has 3 aromatic carbocycles. The van der Waals surface area contributed by atoms with Gasteiger partial charge in [0, 0.05) is 11.6 Å². The van der Waals surface area contributed by atoms with Gasteiger partial charge in [-0.15, -0.1) is 0 Å². The molecule has 7 heteroatoms. The zero-order valence-electron chi connectivity index (χ0n) is 15.3. The number of carbonyl (C=O) groups is 2. The molecule has 0 saturated carbocycles. The van der Waals surface area contributed by atoms with Gasteiger partial charge in [0.1, 0.15) is 5.56 Å². The molecular weight excluding hydrogens is 370 g/mol. The fourth-order valence-corrected chi connectivity index (χ4v) is 2.72. The van der Waals surface area contributed by atoms with Gasteiger partial charge < -0.3 is 0 Å². The van der Waals surface area contributed by atoms with E-state index in [-0.39, 0.29) is 23.5 Å². The molecule has 3 aromatic rings. The Morgan fingerprint density at radius 3 is 2.00 bits per heavy atom. The molecule has 0 atom stereocenters. The van der Waals surface area contributed by atoms with Gasteiger partial charge in [-0.05, 0) is 11.6 Å². The summed E-state index contributed by atoms with van der Waals surface area (Å²) in [4.78, 5) is 35.6. The molecule has 1 N–H and O–H groups in total. The molecule has 0 bridgehead atoms. The van der Waals surface area contributed by atoms with E-state index in [1.54, 1.807) is 48.5 Å². The SMILES string of the molecule is O=C(C/C(=N\NC(=O)c1ccccc1[N+](=O)[O-])c1ccccc1)c1ccccc1. The summed E-state index contributed by atoms with van der Waals surface area (Å²) >= 11 is 0. The average molecular weight is 387 g/mol. The zero-order valence-corrected chi connectivity index (χ0v) is 15.3. The summed E-state index contributed by atoms with van der Waals surface area (Å²) in [6.45, 7) is 0. The molecule has 0 saturated heterocycles. The highest BCUT2D eigenvalue weighted by atomic mass is 16.6. The van der Waals surface area contributed by atoms with Gasteiger partial charge in [-0.2, -0.15) is 5.10 Å². The highest BCUT2D eigenvalue weighted by molar-refractivity contribution is 6.16. The molecule has 144 valence electrons. The van der Waals surface area contributed by atoms with Gasteiger partial charge in [0.25, 0.3) is 11.6 Å². The van der Waals surface area contributed by atoms with Crippen LogP contribution in [0.5, 0.6) is 0 Å². The van der Waals surface area contributed by atoms with E-state index in [9.17, 15) is 19.7 Å². The van der Waals surface area contributed by atoms with Crippen LogP contribution in [-0.2, 0) is 0 Å².